The molecule has 4 nitrogen and oxygen atoms in total. The van der Waals surface area contributed by atoms with Gasteiger partial charge in [-0.25, -0.2) is 0 Å². The first kappa shape index (κ1) is 42.3. The fraction of sp³-hybridized carbons (Fsp3) is 0.816. The number of carbonyl (C=O) groups is 1. The van der Waals surface area contributed by atoms with Gasteiger partial charge >= 0.3 is 0 Å². The predicted octanol–water partition coefficient (Wildman–Crippen LogP) is 11.8. The van der Waals surface area contributed by atoms with Crippen LogP contribution in [0.25, 0.3) is 0 Å². The average Bonchev–Trinajstić information content (AvgIpc) is 2.97. The van der Waals surface area contributed by atoms with Crippen LogP contribution < -0.4 is 0 Å². The molecule has 266 valence electrons. The van der Waals surface area contributed by atoms with Gasteiger partial charge in [0.05, 0.1) is 22.7 Å². The van der Waals surface area contributed by atoms with E-state index in [-0.39, 0.29) is 21.4 Å². The van der Waals surface area contributed by atoms with Gasteiger partial charge in [0.15, 0.2) is 8.32 Å². The Balaban J connectivity index is 2.71. The number of carbonyl (C=O) groups excluding carboxylic acids is 1. The Labute approximate surface area is 301 Å². The van der Waals surface area contributed by atoms with Crippen molar-refractivity contribution in [3.63, 3.8) is 0 Å². The minimum absolute atomic E-state index is 0.0741. The zero-order chi connectivity index (χ0) is 34.8. The number of benzene rings is 1. The Morgan fingerprint density at radius 2 is 1.33 bits per heavy atom. The number of ketones is 1. The molecule has 0 heterocycles. The monoisotopic (exact) mass is 802 g/mol. The molecule has 0 aliphatic heterocycles. The number of alkyl halides is 1. The molecule has 1 aromatic rings. The van der Waals surface area contributed by atoms with E-state index in [1.54, 1.807) is 0 Å². The molecule has 0 amide bonds. The molecule has 1 aliphatic rings. The summed E-state index contributed by atoms with van der Waals surface area (Å²) in [4.78, 5) is 13.6. The number of unbranched alkanes of at least 4 members (excludes halogenated alkanes) is 2. The van der Waals surface area contributed by atoms with Gasteiger partial charge < -0.3 is 13.9 Å². The van der Waals surface area contributed by atoms with E-state index in [9.17, 15) is 4.79 Å². The smallest absolute Gasteiger partial charge is 0.192 e. The highest BCUT2D eigenvalue weighted by atomic mass is 127. The van der Waals surface area contributed by atoms with Gasteiger partial charge in [-0.05, 0) is 91.5 Å². The van der Waals surface area contributed by atoms with Crippen molar-refractivity contribution < 1.29 is 18.7 Å². The van der Waals surface area contributed by atoms with Crippen LogP contribution >= 0.6 is 22.6 Å². The third-order valence-corrected chi connectivity index (χ3v) is 20.1. The first-order chi connectivity index (χ1) is 21.4. The third-order valence-electron chi connectivity index (χ3n) is 10.4. The first-order valence-corrected chi connectivity index (χ1v) is 29.8. The van der Waals surface area contributed by atoms with Crippen LogP contribution in [0.3, 0.4) is 0 Å². The normalized spacial score (nSPS) is 20.0. The number of hydrogen-bond acceptors (Lipinski definition) is 4. The summed E-state index contributed by atoms with van der Waals surface area (Å²) in [5, 5.41) is 0. The second-order valence-electron chi connectivity index (χ2n) is 17.0. The van der Waals surface area contributed by atoms with E-state index < -0.39 is 24.5 Å². The SMILES string of the molecule is CCCCCc1cc(COCC[Si](C)(C)C)c([C@@H]2C(I)C(=O)CC[C@H]2C(C)(C)O[Si](CC)(CC)CC)c(COCC[Si](C)(C)C)c1. The fourth-order valence-electron chi connectivity index (χ4n) is 7.11. The summed E-state index contributed by atoms with van der Waals surface area (Å²) < 4.78 is 20.3. The quantitative estimate of drug-likeness (QED) is 0.0537. The molecule has 0 bridgehead atoms. The number of aryl methyl sites for hydroxylation is 1. The third kappa shape index (κ3) is 13.1. The summed E-state index contributed by atoms with van der Waals surface area (Å²) in [5.41, 5.74) is 4.94. The van der Waals surface area contributed by atoms with E-state index in [0.717, 1.165) is 56.3 Å². The van der Waals surface area contributed by atoms with Crippen molar-refractivity contribution in [2.75, 3.05) is 13.2 Å². The summed E-state index contributed by atoms with van der Waals surface area (Å²) >= 11 is 2.49. The molecule has 1 saturated carbocycles. The Kier molecular flexibility index (Phi) is 17.4. The number of ether oxygens (including phenoxy) is 2. The van der Waals surface area contributed by atoms with E-state index in [0.29, 0.717) is 25.4 Å². The highest BCUT2D eigenvalue weighted by Gasteiger charge is 2.49. The Morgan fingerprint density at radius 1 is 0.826 bits per heavy atom. The van der Waals surface area contributed by atoms with Gasteiger partial charge in [-0.3, -0.25) is 4.79 Å². The van der Waals surface area contributed by atoms with Crippen LogP contribution in [0.5, 0.6) is 0 Å². The summed E-state index contributed by atoms with van der Waals surface area (Å²) in [7, 11) is -4.30. The molecular weight excluding hydrogens is 732 g/mol. The van der Waals surface area contributed by atoms with E-state index in [2.05, 4.69) is 116 Å². The van der Waals surface area contributed by atoms with E-state index >= 15 is 0 Å². The minimum Gasteiger partial charge on any atom is -0.412 e. The van der Waals surface area contributed by atoms with Crippen LogP contribution in [0.15, 0.2) is 12.1 Å². The molecule has 0 radical (unpaired) electrons. The number of halogens is 1. The molecular formula is C38H71IO4Si3. The Bertz CT molecular complexity index is 1020. The predicted molar refractivity (Wildman–Crippen MR) is 216 cm³/mol. The van der Waals surface area contributed by atoms with Gasteiger partial charge in [0.2, 0.25) is 0 Å². The molecule has 0 spiro atoms. The van der Waals surface area contributed by atoms with Gasteiger partial charge in [0.1, 0.15) is 5.78 Å². The summed E-state index contributed by atoms with van der Waals surface area (Å²) in [6.45, 7) is 31.2. The molecule has 0 N–H and O–H groups in total. The second kappa shape index (κ2) is 18.9. The molecule has 1 fully saturated rings. The lowest BCUT2D eigenvalue weighted by molar-refractivity contribution is -0.122. The Morgan fingerprint density at radius 3 is 1.76 bits per heavy atom. The zero-order valence-electron chi connectivity index (χ0n) is 32.0. The van der Waals surface area contributed by atoms with Crippen molar-refractivity contribution in [3.05, 3.63) is 34.4 Å². The lowest BCUT2D eigenvalue weighted by Gasteiger charge is -2.49. The number of Topliss-reactive ketones (excluding diaryl/α,β-unsaturated/α-hetero) is 1. The van der Waals surface area contributed by atoms with Crippen molar-refractivity contribution in [3.8, 4) is 0 Å². The lowest BCUT2D eigenvalue weighted by atomic mass is 9.66. The van der Waals surface area contributed by atoms with E-state index in [1.807, 2.05) is 0 Å². The van der Waals surface area contributed by atoms with E-state index in [1.165, 1.54) is 41.5 Å². The van der Waals surface area contributed by atoms with Crippen molar-refractivity contribution in [1.29, 1.82) is 0 Å². The summed E-state index contributed by atoms with van der Waals surface area (Å²) in [5.74, 6) is 0.701. The van der Waals surface area contributed by atoms with Gasteiger partial charge in [0.25, 0.3) is 0 Å². The zero-order valence-corrected chi connectivity index (χ0v) is 37.2. The Hall–Kier alpha value is 0.151. The van der Waals surface area contributed by atoms with Crippen LogP contribution in [0, 0.1) is 5.92 Å². The number of rotatable bonds is 21. The molecule has 1 aliphatic carbocycles. The molecule has 3 atom stereocenters. The van der Waals surface area contributed by atoms with Crippen LogP contribution in [0.1, 0.15) is 102 Å². The molecule has 0 saturated heterocycles. The standard InChI is InChI=1S/C38H71IO4Si3/c1-13-17-18-19-30-26-31(28-41-22-24-44(7,8)9)35(32(27-30)29-42-23-25-45(10,11)12)36-33(20-21-34(40)37(36)39)38(5,6)43-46(14-2,15-3)16-4/h26-27,33,36-37H,13-25,28-29H2,1-12H3/t33-,36-,37?/m1/s1. The second-order valence-corrected chi connectivity index (χ2v) is 34.3. The van der Waals surface area contributed by atoms with Crippen LogP contribution in [-0.2, 0) is 38.3 Å². The fourth-order valence-corrected chi connectivity index (χ4v) is 13.0. The largest absolute Gasteiger partial charge is 0.412 e. The minimum atomic E-state index is -1.88. The van der Waals surface area contributed by atoms with Gasteiger partial charge in [-0.2, -0.15) is 0 Å². The van der Waals surface area contributed by atoms with Crippen molar-refractivity contribution >= 4 is 52.8 Å². The number of hydrogen-bond donors (Lipinski definition) is 0. The van der Waals surface area contributed by atoms with Gasteiger partial charge in [0, 0.05) is 41.7 Å². The topological polar surface area (TPSA) is 44.8 Å². The molecule has 46 heavy (non-hydrogen) atoms. The molecule has 1 aromatic carbocycles. The maximum atomic E-state index is 13.6. The van der Waals surface area contributed by atoms with Crippen LogP contribution in [0.4, 0.5) is 0 Å². The van der Waals surface area contributed by atoms with Gasteiger partial charge in [-0.1, -0.05) is 115 Å². The van der Waals surface area contributed by atoms with Crippen molar-refractivity contribution in [1.82, 2.24) is 0 Å². The average molecular weight is 803 g/mol. The molecule has 1 unspecified atom stereocenters. The van der Waals surface area contributed by atoms with E-state index in [4.69, 9.17) is 13.9 Å². The lowest BCUT2D eigenvalue weighted by Crippen LogP contribution is -2.52. The first-order valence-electron chi connectivity index (χ1n) is 18.6. The maximum Gasteiger partial charge on any atom is 0.192 e. The van der Waals surface area contributed by atoms with Crippen LogP contribution in [0.2, 0.25) is 69.5 Å². The molecule has 8 heteroatoms. The van der Waals surface area contributed by atoms with Crippen molar-refractivity contribution in [2.24, 2.45) is 5.92 Å². The molecule has 0 aromatic heterocycles. The molecule has 2 rings (SSSR count). The highest BCUT2D eigenvalue weighted by molar-refractivity contribution is 14.1. The summed E-state index contributed by atoms with van der Waals surface area (Å²) in [6, 6.07) is 10.6. The summed E-state index contributed by atoms with van der Waals surface area (Å²) in [6.07, 6.45) is 6.24. The van der Waals surface area contributed by atoms with Crippen molar-refractivity contribution in [2.45, 2.75) is 178 Å². The van der Waals surface area contributed by atoms with Gasteiger partial charge in [-0.15, -0.1) is 0 Å². The maximum absolute atomic E-state index is 13.6. The van der Waals surface area contributed by atoms with Crippen LogP contribution in [-0.4, -0.2) is 53.0 Å². The highest BCUT2D eigenvalue weighted by Crippen LogP contribution is 2.50.